The van der Waals surface area contributed by atoms with Crippen molar-refractivity contribution in [3.8, 4) is 17.2 Å². The van der Waals surface area contributed by atoms with Crippen molar-refractivity contribution in [2.45, 2.75) is 52.9 Å². The number of fused-ring (bicyclic) bond motifs is 2. The Morgan fingerprint density at radius 2 is 1.81 bits per heavy atom. The van der Waals surface area contributed by atoms with Crippen molar-refractivity contribution in [1.29, 1.82) is 0 Å². The molecule has 1 saturated heterocycles. The number of benzene rings is 4. The van der Waals surface area contributed by atoms with E-state index < -0.39 is 17.7 Å². The van der Waals surface area contributed by atoms with Crippen LogP contribution in [0.15, 0.2) is 84.4 Å². The fourth-order valence-electron chi connectivity index (χ4n) is 6.35. The topological polar surface area (TPSA) is 98.2 Å². The lowest BCUT2D eigenvalue weighted by atomic mass is 9.94. The molecule has 8 nitrogen and oxygen atoms in total. The minimum atomic E-state index is -0.970. The molecule has 1 fully saturated rings. The number of carbonyl (C=O) groups is 2. The molecule has 0 aliphatic carbocycles. The lowest BCUT2D eigenvalue weighted by Gasteiger charge is -2.24. The van der Waals surface area contributed by atoms with E-state index in [1.54, 1.807) is 30.3 Å². The number of Topliss-reactive ketones (excluding diaryl/α,β-unsaturated/α-hetero) is 1. The molecule has 238 valence electrons. The molecule has 0 spiro atoms. The van der Waals surface area contributed by atoms with Gasteiger partial charge in [-0.2, -0.15) is 0 Å². The Labute approximate surface area is 276 Å². The second-order valence-electron chi connectivity index (χ2n) is 12.0. The van der Waals surface area contributed by atoms with Gasteiger partial charge in [0.05, 0.1) is 28.4 Å². The number of aliphatic hydroxyl groups is 1. The number of aromatic nitrogens is 1. The molecule has 0 unspecified atom stereocenters. The van der Waals surface area contributed by atoms with E-state index >= 15 is 0 Å². The van der Waals surface area contributed by atoms with E-state index in [0.29, 0.717) is 47.4 Å². The number of anilines is 1. The van der Waals surface area contributed by atoms with E-state index in [9.17, 15) is 14.7 Å². The van der Waals surface area contributed by atoms with Gasteiger partial charge in [-0.15, -0.1) is 0 Å². The number of hydrogen-bond donors (Lipinski definition) is 1. The van der Waals surface area contributed by atoms with Crippen LogP contribution in [0.4, 0.5) is 5.13 Å². The van der Waals surface area contributed by atoms with Crippen LogP contribution in [0, 0.1) is 13.8 Å². The summed E-state index contributed by atoms with van der Waals surface area (Å²) >= 11 is 1.34. The number of aliphatic hydroxyl groups excluding tert-OH is 1. The number of thiazole rings is 1. The van der Waals surface area contributed by atoms with Crippen molar-refractivity contribution in [1.82, 2.24) is 4.98 Å². The van der Waals surface area contributed by atoms with E-state index in [2.05, 4.69) is 0 Å². The average molecular weight is 647 g/mol. The molecular formula is C38H34N2O6S. The quantitative estimate of drug-likeness (QED) is 0.104. The molecule has 4 aromatic carbocycles. The van der Waals surface area contributed by atoms with Crippen LogP contribution in [0.5, 0.6) is 17.2 Å². The number of ether oxygens (including phenoxy) is 3. The third kappa shape index (κ3) is 5.61. The van der Waals surface area contributed by atoms with E-state index in [1.807, 2.05) is 76.2 Å². The molecule has 1 N–H and O–H groups in total. The van der Waals surface area contributed by atoms with Gasteiger partial charge in [0, 0.05) is 12.0 Å². The van der Waals surface area contributed by atoms with Gasteiger partial charge in [-0.3, -0.25) is 14.5 Å². The summed E-state index contributed by atoms with van der Waals surface area (Å²) in [4.78, 5) is 34.1. The molecule has 2 aliphatic rings. The number of ketones is 1. The first-order chi connectivity index (χ1) is 22.7. The Hall–Kier alpha value is -5.15. The van der Waals surface area contributed by atoms with Gasteiger partial charge in [-0.05, 0) is 91.9 Å². The van der Waals surface area contributed by atoms with E-state index in [4.69, 9.17) is 19.2 Å². The van der Waals surface area contributed by atoms with Gasteiger partial charge in [0.25, 0.3) is 5.78 Å². The van der Waals surface area contributed by atoms with Crippen LogP contribution in [-0.2, 0) is 22.6 Å². The predicted molar refractivity (Wildman–Crippen MR) is 182 cm³/mol. The number of amides is 1. The Morgan fingerprint density at radius 3 is 2.60 bits per heavy atom. The van der Waals surface area contributed by atoms with Gasteiger partial charge in [-0.25, -0.2) is 4.98 Å². The molecule has 2 atom stereocenters. The molecule has 7 rings (SSSR count). The van der Waals surface area contributed by atoms with Crippen molar-refractivity contribution in [3.63, 3.8) is 0 Å². The van der Waals surface area contributed by atoms with Crippen LogP contribution >= 0.6 is 11.3 Å². The van der Waals surface area contributed by atoms with Gasteiger partial charge in [0.1, 0.15) is 24.2 Å². The molecule has 1 amide bonds. The maximum atomic E-state index is 14.0. The molecule has 0 saturated carbocycles. The van der Waals surface area contributed by atoms with Gasteiger partial charge in [-0.1, -0.05) is 53.8 Å². The third-order valence-corrected chi connectivity index (χ3v) is 9.46. The van der Waals surface area contributed by atoms with Crippen LogP contribution < -0.4 is 19.1 Å². The Balaban J connectivity index is 1.37. The fraction of sp³-hybridized carbons (Fsp3) is 0.237. The Bertz CT molecular complexity index is 2070. The number of hydrogen-bond acceptors (Lipinski definition) is 8. The maximum Gasteiger partial charge on any atom is 0.301 e. The molecule has 3 heterocycles. The average Bonchev–Trinajstić information content (AvgIpc) is 3.73. The highest BCUT2D eigenvalue weighted by atomic mass is 32.1. The van der Waals surface area contributed by atoms with Crippen LogP contribution in [0.25, 0.3) is 16.0 Å². The summed E-state index contributed by atoms with van der Waals surface area (Å²) in [5.74, 6) is -0.0638. The summed E-state index contributed by atoms with van der Waals surface area (Å²) in [6, 6.07) is 23.6. The highest BCUT2D eigenvalue weighted by Crippen LogP contribution is 2.46. The predicted octanol–water partition coefficient (Wildman–Crippen LogP) is 7.84. The van der Waals surface area contributed by atoms with Crippen molar-refractivity contribution in [2.24, 2.45) is 0 Å². The molecule has 9 heteroatoms. The molecule has 0 bridgehead atoms. The zero-order chi connectivity index (χ0) is 32.8. The van der Waals surface area contributed by atoms with Crippen molar-refractivity contribution >= 4 is 44.1 Å². The van der Waals surface area contributed by atoms with E-state index in [0.717, 1.165) is 38.2 Å². The molecule has 47 heavy (non-hydrogen) atoms. The fourth-order valence-corrected chi connectivity index (χ4v) is 7.52. The lowest BCUT2D eigenvalue weighted by Crippen LogP contribution is -2.29. The van der Waals surface area contributed by atoms with Crippen molar-refractivity contribution < 1.29 is 28.9 Å². The smallest absolute Gasteiger partial charge is 0.301 e. The minimum absolute atomic E-state index is 0.0127. The summed E-state index contributed by atoms with van der Waals surface area (Å²) in [6.45, 7) is 8.56. The van der Waals surface area contributed by atoms with Crippen LogP contribution in [0.1, 0.15) is 53.3 Å². The van der Waals surface area contributed by atoms with Gasteiger partial charge in [0.15, 0.2) is 16.6 Å². The van der Waals surface area contributed by atoms with Crippen LogP contribution in [0.3, 0.4) is 0 Å². The summed E-state index contributed by atoms with van der Waals surface area (Å²) in [5, 5.41) is 12.2. The lowest BCUT2D eigenvalue weighted by molar-refractivity contribution is -0.132. The summed E-state index contributed by atoms with van der Waals surface area (Å²) in [5.41, 5.74) is 5.75. The summed E-state index contributed by atoms with van der Waals surface area (Å²) in [6.07, 6.45) is 0.694. The molecule has 5 aromatic rings. The standard InChI is InChI=1S/C38H34N2O6S/c1-5-44-30-19-25(11-14-29(30)45-20-24-9-7-6-8-10-24)34-32(35(41)26-12-13-28-27(18-26)17-23(4)46-28)36(42)37(43)40(34)38-39-33-22(3)15-21(2)16-31(33)47-38/h6-16,18-19,23,34,41H,5,17,20H2,1-4H3/t23-,34+/m0/s1. The first kappa shape index (κ1) is 30.5. The van der Waals surface area contributed by atoms with E-state index in [-0.39, 0.29) is 17.4 Å². The minimum Gasteiger partial charge on any atom is -0.507 e. The Morgan fingerprint density at radius 1 is 1.00 bits per heavy atom. The summed E-state index contributed by atoms with van der Waals surface area (Å²) < 4.78 is 18.9. The molecule has 1 aromatic heterocycles. The Kier molecular flexibility index (Phi) is 7.93. The summed E-state index contributed by atoms with van der Waals surface area (Å²) in [7, 11) is 0. The van der Waals surface area contributed by atoms with Crippen LogP contribution in [-0.4, -0.2) is 34.5 Å². The third-order valence-electron chi connectivity index (χ3n) is 8.46. The normalized spacial score (nSPS) is 18.4. The number of nitrogens with zero attached hydrogens (tertiary/aromatic N) is 2. The van der Waals surface area contributed by atoms with Gasteiger partial charge >= 0.3 is 5.91 Å². The number of carbonyl (C=O) groups excluding carboxylic acids is 2. The second kappa shape index (κ2) is 12.2. The molecular weight excluding hydrogens is 612 g/mol. The van der Waals surface area contributed by atoms with Gasteiger partial charge in [0.2, 0.25) is 0 Å². The van der Waals surface area contributed by atoms with Gasteiger partial charge < -0.3 is 19.3 Å². The number of aryl methyl sites for hydroxylation is 2. The van der Waals surface area contributed by atoms with Crippen molar-refractivity contribution in [2.75, 3.05) is 11.5 Å². The van der Waals surface area contributed by atoms with Crippen molar-refractivity contribution in [3.05, 3.63) is 118 Å². The van der Waals surface area contributed by atoms with E-state index in [1.165, 1.54) is 16.2 Å². The van der Waals surface area contributed by atoms with Crippen LogP contribution in [0.2, 0.25) is 0 Å². The zero-order valence-corrected chi connectivity index (χ0v) is 27.4. The highest BCUT2D eigenvalue weighted by Gasteiger charge is 2.48. The zero-order valence-electron chi connectivity index (χ0n) is 26.6. The second-order valence-corrected chi connectivity index (χ2v) is 13.0. The maximum absolute atomic E-state index is 14.0. The molecule has 2 aliphatic heterocycles. The highest BCUT2D eigenvalue weighted by molar-refractivity contribution is 7.22. The molecule has 0 radical (unpaired) electrons. The number of rotatable bonds is 8. The monoisotopic (exact) mass is 646 g/mol. The largest absolute Gasteiger partial charge is 0.507 e. The SMILES string of the molecule is CCOc1cc([C@@H]2C(=C(O)c3ccc4c(c3)C[C@H](C)O4)C(=O)C(=O)N2c2nc3c(C)cc(C)cc3s2)ccc1OCc1ccccc1. The first-order valence-corrected chi connectivity index (χ1v) is 16.5. The first-order valence-electron chi connectivity index (χ1n) is 15.6.